The number of amides is 3. The van der Waals surface area contributed by atoms with Gasteiger partial charge in [-0.3, -0.25) is 14.4 Å². The van der Waals surface area contributed by atoms with Gasteiger partial charge < -0.3 is 20.3 Å². The van der Waals surface area contributed by atoms with Crippen molar-refractivity contribution in [2.75, 3.05) is 7.11 Å². The minimum atomic E-state index is -0.643. The first-order valence-corrected chi connectivity index (χ1v) is 9.33. The summed E-state index contributed by atoms with van der Waals surface area (Å²) in [7, 11) is 1.52. The molecule has 1 aromatic heterocycles. The Morgan fingerprint density at radius 3 is 2.70 bits per heavy atom. The van der Waals surface area contributed by atoms with Gasteiger partial charge in [-0.05, 0) is 25.8 Å². The van der Waals surface area contributed by atoms with Gasteiger partial charge in [0.2, 0.25) is 17.7 Å². The van der Waals surface area contributed by atoms with E-state index in [1.54, 1.807) is 13.0 Å². The van der Waals surface area contributed by atoms with Crippen molar-refractivity contribution in [3.63, 3.8) is 0 Å². The fourth-order valence-corrected chi connectivity index (χ4v) is 3.79. The highest BCUT2D eigenvalue weighted by molar-refractivity contribution is 5.98. The van der Waals surface area contributed by atoms with E-state index in [1.165, 1.54) is 14.0 Å². The van der Waals surface area contributed by atoms with Crippen LogP contribution in [0.3, 0.4) is 0 Å². The van der Waals surface area contributed by atoms with E-state index in [4.69, 9.17) is 4.74 Å². The number of methoxy groups -OCH3 is 1. The van der Waals surface area contributed by atoms with Crippen molar-refractivity contribution in [1.82, 2.24) is 20.5 Å². The SMILES string of the molecule is COc1nc2c(cc1CNC(=O)[C@@H](C)NC(C)=O)C(=O)N(C1CCCC1)C2. The molecule has 1 fully saturated rings. The van der Waals surface area contributed by atoms with Gasteiger partial charge in [0.15, 0.2) is 0 Å². The van der Waals surface area contributed by atoms with Crippen molar-refractivity contribution in [3.8, 4) is 5.88 Å². The summed E-state index contributed by atoms with van der Waals surface area (Å²) in [6.45, 7) is 3.65. The Morgan fingerprint density at radius 1 is 1.37 bits per heavy atom. The summed E-state index contributed by atoms with van der Waals surface area (Å²) in [6, 6.07) is 1.41. The quantitative estimate of drug-likeness (QED) is 0.777. The summed E-state index contributed by atoms with van der Waals surface area (Å²) in [5, 5.41) is 5.29. The second kappa shape index (κ2) is 7.94. The molecule has 146 valence electrons. The molecule has 1 aliphatic heterocycles. The molecule has 0 spiro atoms. The lowest BCUT2D eigenvalue weighted by atomic mass is 10.1. The number of nitrogens with one attached hydrogen (secondary N) is 2. The fraction of sp³-hybridized carbons (Fsp3) is 0.579. The molecule has 1 aromatic rings. The maximum atomic E-state index is 12.8. The zero-order valence-corrected chi connectivity index (χ0v) is 16.0. The number of hydrogen-bond acceptors (Lipinski definition) is 5. The molecule has 3 amide bonds. The number of hydrogen-bond donors (Lipinski definition) is 2. The Kier molecular flexibility index (Phi) is 5.62. The molecule has 8 heteroatoms. The third kappa shape index (κ3) is 4.04. The minimum absolute atomic E-state index is 0.00578. The molecule has 0 bridgehead atoms. The molecule has 3 rings (SSSR count). The van der Waals surface area contributed by atoms with Crippen LogP contribution in [0.5, 0.6) is 5.88 Å². The van der Waals surface area contributed by atoms with Gasteiger partial charge >= 0.3 is 0 Å². The Bertz CT molecular complexity index is 758. The third-order valence-corrected chi connectivity index (χ3v) is 5.18. The number of carbonyl (C=O) groups is 3. The maximum Gasteiger partial charge on any atom is 0.256 e. The standard InChI is InChI=1S/C19H26N4O4/c1-11(21-12(2)24)17(25)20-9-13-8-15-16(22-18(13)27-3)10-23(19(15)26)14-6-4-5-7-14/h8,11,14H,4-7,9-10H2,1-3H3,(H,20,25)(H,21,24)/t11-/m1/s1. The van der Waals surface area contributed by atoms with Gasteiger partial charge in [-0.25, -0.2) is 4.98 Å². The zero-order valence-electron chi connectivity index (χ0n) is 16.0. The van der Waals surface area contributed by atoms with Gasteiger partial charge in [0, 0.05) is 25.1 Å². The van der Waals surface area contributed by atoms with Crippen molar-refractivity contribution in [2.24, 2.45) is 0 Å². The summed E-state index contributed by atoms with van der Waals surface area (Å²) in [6.07, 6.45) is 4.40. The lowest BCUT2D eigenvalue weighted by molar-refractivity contribution is -0.127. The molecule has 0 unspecified atom stereocenters. The molecule has 1 saturated carbocycles. The van der Waals surface area contributed by atoms with Crippen molar-refractivity contribution >= 4 is 17.7 Å². The zero-order chi connectivity index (χ0) is 19.6. The number of carbonyl (C=O) groups excluding carboxylic acids is 3. The van der Waals surface area contributed by atoms with Crippen LogP contribution in [0, 0.1) is 0 Å². The number of aromatic nitrogens is 1. The first-order chi connectivity index (χ1) is 12.9. The highest BCUT2D eigenvalue weighted by Gasteiger charge is 2.36. The Hall–Kier alpha value is -2.64. The smallest absolute Gasteiger partial charge is 0.256 e. The van der Waals surface area contributed by atoms with Crippen LogP contribution in [0.1, 0.15) is 61.1 Å². The van der Waals surface area contributed by atoms with Gasteiger partial charge in [0.05, 0.1) is 24.9 Å². The van der Waals surface area contributed by atoms with Gasteiger partial charge in [-0.15, -0.1) is 0 Å². The summed E-state index contributed by atoms with van der Waals surface area (Å²) < 4.78 is 5.36. The van der Waals surface area contributed by atoms with Crippen LogP contribution in [0.25, 0.3) is 0 Å². The van der Waals surface area contributed by atoms with Crippen molar-refractivity contribution in [1.29, 1.82) is 0 Å². The molecule has 2 N–H and O–H groups in total. The average molecular weight is 374 g/mol. The summed E-state index contributed by atoms with van der Waals surface area (Å²) in [5.41, 5.74) is 1.95. The van der Waals surface area contributed by atoms with Crippen molar-refractivity contribution in [2.45, 2.75) is 64.7 Å². The van der Waals surface area contributed by atoms with Crippen LogP contribution in [0.15, 0.2) is 6.07 Å². The van der Waals surface area contributed by atoms with Gasteiger partial charge in [0.25, 0.3) is 5.91 Å². The highest BCUT2D eigenvalue weighted by atomic mass is 16.5. The van der Waals surface area contributed by atoms with Gasteiger partial charge in [-0.1, -0.05) is 12.8 Å². The van der Waals surface area contributed by atoms with E-state index in [-0.39, 0.29) is 24.3 Å². The largest absolute Gasteiger partial charge is 0.481 e. The van der Waals surface area contributed by atoms with E-state index < -0.39 is 6.04 Å². The predicted octanol–water partition coefficient (Wildman–Crippen LogP) is 1.13. The van der Waals surface area contributed by atoms with Gasteiger partial charge in [0.1, 0.15) is 6.04 Å². The lowest BCUT2D eigenvalue weighted by Crippen LogP contribution is -2.43. The first kappa shape index (κ1) is 19.1. The number of rotatable bonds is 6. The number of ether oxygens (including phenoxy) is 1. The molecular formula is C19H26N4O4. The van der Waals surface area contributed by atoms with Crippen LogP contribution in [-0.4, -0.2) is 46.8 Å². The van der Waals surface area contributed by atoms with E-state index in [0.717, 1.165) is 31.4 Å². The fourth-order valence-electron chi connectivity index (χ4n) is 3.79. The van der Waals surface area contributed by atoms with Crippen LogP contribution in [0.2, 0.25) is 0 Å². The molecule has 0 aromatic carbocycles. The second-order valence-electron chi connectivity index (χ2n) is 7.16. The number of pyridine rings is 1. The number of fused-ring (bicyclic) bond motifs is 1. The van der Waals surface area contributed by atoms with E-state index in [0.29, 0.717) is 29.6 Å². The minimum Gasteiger partial charge on any atom is -0.481 e. The molecular weight excluding hydrogens is 348 g/mol. The Labute approximate surface area is 158 Å². The first-order valence-electron chi connectivity index (χ1n) is 9.33. The van der Waals surface area contributed by atoms with E-state index in [1.807, 2.05) is 4.90 Å². The van der Waals surface area contributed by atoms with Gasteiger partial charge in [-0.2, -0.15) is 0 Å². The Morgan fingerprint density at radius 2 is 2.07 bits per heavy atom. The van der Waals surface area contributed by atoms with Crippen molar-refractivity contribution < 1.29 is 19.1 Å². The summed E-state index contributed by atoms with van der Waals surface area (Å²) >= 11 is 0. The maximum absolute atomic E-state index is 12.8. The summed E-state index contributed by atoms with van der Waals surface area (Å²) in [4.78, 5) is 42.4. The van der Waals surface area contributed by atoms with E-state index in [9.17, 15) is 14.4 Å². The third-order valence-electron chi connectivity index (χ3n) is 5.18. The second-order valence-corrected chi connectivity index (χ2v) is 7.16. The Balaban J connectivity index is 1.73. The molecule has 8 nitrogen and oxygen atoms in total. The molecule has 1 atom stereocenters. The van der Waals surface area contributed by atoms with E-state index in [2.05, 4.69) is 15.6 Å². The lowest BCUT2D eigenvalue weighted by Gasteiger charge is -2.22. The highest BCUT2D eigenvalue weighted by Crippen LogP contribution is 2.33. The van der Waals surface area contributed by atoms with Crippen LogP contribution in [-0.2, 0) is 22.7 Å². The summed E-state index contributed by atoms with van der Waals surface area (Å²) in [5.74, 6) is -0.174. The molecule has 27 heavy (non-hydrogen) atoms. The number of nitrogens with zero attached hydrogens (tertiary/aromatic N) is 2. The molecule has 1 aliphatic carbocycles. The van der Waals surface area contributed by atoms with Crippen molar-refractivity contribution in [3.05, 3.63) is 22.9 Å². The predicted molar refractivity (Wildman–Crippen MR) is 98.0 cm³/mol. The molecule has 2 heterocycles. The average Bonchev–Trinajstić information content (AvgIpc) is 3.26. The molecule has 0 saturated heterocycles. The van der Waals surface area contributed by atoms with Crippen LogP contribution >= 0.6 is 0 Å². The molecule has 2 aliphatic rings. The topological polar surface area (TPSA) is 101 Å². The van der Waals surface area contributed by atoms with Crippen LogP contribution in [0.4, 0.5) is 0 Å². The molecule has 0 radical (unpaired) electrons. The normalized spacial score (nSPS) is 17.6. The van der Waals surface area contributed by atoms with E-state index >= 15 is 0 Å². The van der Waals surface area contributed by atoms with Crippen LogP contribution < -0.4 is 15.4 Å². The monoisotopic (exact) mass is 374 g/mol.